The molecule has 1 aromatic heterocycles. The van der Waals surface area contributed by atoms with Crippen LogP contribution in [0.2, 0.25) is 0 Å². The number of benzene rings is 2. The quantitative estimate of drug-likeness (QED) is 0.706. The summed E-state index contributed by atoms with van der Waals surface area (Å²) in [4.78, 5) is 16.7. The summed E-state index contributed by atoms with van der Waals surface area (Å²) >= 11 is 0. The number of hydrogen-bond donors (Lipinski definition) is 2. The number of amides is 1. The molecule has 0 saturated heterocycles. The number of pyridine rings is 1. The second kappa shape index (κ2) is 5.25. The van der Waals surface area contributed by atoms with E-state index in [0.717, 1.165) is 22.2 Å². The molecule has 0 aliphatic heterocycles. The van der Waals surface area contributed by atoms with E-state index in [-0.39, 0.29) is 5.91 Å². The van der Waals surface area contributed by atoms with Crippen molar-refractivity contribution in [2.45, 2.75) is 6.92 Å². The largest absolute Gasteiger partial charge is 0.399 e. The monoisotopic (exact) mass is 277 g/mol. The van der Waals surface area contributed by atoms with Gasteiger partial charge in [0.25, 0.3) is 5.91 Å². The Bertz CT molecular complexity index is 827. The molecule has 1 amide bonds. The zero-order valence-corrected chi connectivity index (χ0v) is 11.6. The maximum Gasteiger partial charge on any atom is 0.274 e. The van der Waals surface area contributed by atoms with E-state index in [4.69, 9.17) is 5.73 Å². The fraction of sp³-hybridized carbons (Fsp3) is 0.0588. The number of carbonyl (C=O) groups is 1. The molecular formula is C17H15N3O. The van der Waals surface area contributed by atoms with Gasteiger partial charge in [0.15, 0.2) is 0 Å². The fourth-order valence-electron chi connectivity index (χ4n) is 2.21. The minimum Gasteiger partial charge on any atom is -0.399 e. The van der Waals surface area contributed by atoms with Crippen LogP contribution in [0, 0.1) is 6.92 Å². The third kappa shape index (κ3) is 2.69. The van der Waals surface area contributed by atoms with Crippen molar-refractivity contribution in [3.05, 3.63) is 65.9 Å². The van der Waals surface area contributed by atoms with Gasteiger partial charge in [-0.2, -0.15) is 0 Å². The number of hydrogen-bond acceptors (Lipinski definition) is 3. The van der Waals surface area contributed by atoms with Crippen molar-refractivity contribution in [2.75, 3.05) is 11.1 Å². The first kappa shape index (κ1) is 13.1. The van der Waals surface area contributed by atoms with E-state index in [1.807, 2.05) is 43.3 Å². The van der Waals surface area contributed by atoms with Crippen molar-refractivity contribution in [3.8, 4) is 0 Å². The standard InChI is InChI=1S/C17H15N3O/c1-11-10-13(18)7-9-14(11)20-17(21)16-8-6-12-4-2-3-5-15(12)19-16/h2-10H,18H2,1H3,(H,20,21). The van der Waals surface area contributed by atoms with Crippen LogP contribution in [-0.4, -0.2) is 10.9 Å². The molecule has 104 valence electrons. The van der Waals surface area contributed by atoms with E-state index in [1.54, 1.807) is 18.2 Å². The molecule has 0 atom stereocenters. The number of aromatic nitrogens is 1. The van der Waals surface area contributed by atoms with E-state index in [1.165, 1.54) is 0 Å². The van der Waals surface area contributed by atoms with E-state index in [2.05, 4.69) is 10.3 Å². The van der Waals surface area contributed by atoms with Crippen LogP contribution >= 0.6 is 0 Å². The summed E-state index contributed by atoms with van der Waals surface area (Å²) in [5.41, 5.74) is 9.24. The second-order valence-corrected chi connectivity index (χ2v) is 4.92. The smallest absolute Gasteiger partial charge is 0.274 e. The Morgan fingerprint density at radius 3 is 2.71 bits per heavy atom. The summed E-state index contributed by atoms with van der Waals surface area (Å²) in [5, 5.41) is 3.87. The predicted octanol–water partition coefficient (Wildman–Crippen LogP) is 3.38. The van der Waals surface area contributed by atoms with Gasteiger partial charge in [-0.1, -0.05) is 24.3 Å². The van der Waals surface area contributed by atoms with Crippen LogP contribution in [0.3, 0.4) is 0 Å². The molecule has 21 heavy (non-hydrogen) atoms. The van der Waals surface area contributed by atoms with Crippen LogP contribution in [0.4, 0.5) is 11.4 Å². The zero-order chi connectivity index (χ0) is 14.8. The molecule has 0 spiro atoms. The Hall–Kier alpha value is -2.88. The molecule has 3 aromatic rings. The Morgan fingerprint density at radius 1 is 1.10 bits per heavy atom. The highest BCUT2D eigenvalue weighted by Gasteiger charge is 2.10. The highest BCUT2D eigenvalue weighted by molar-refractivity contribution is 6.04. The van der Waals surface area contributed by atoms with Gasteiger partial charge >= 0.3 is 0 Å². The van der Waals surface area contributed by atoms with E-state index >= 15 is 0 Å². The van der Waals surface area contributed by atoms with E-state index in [9.17, 15) is 4.79 Å². The van der Waals surface area contributed by atoms with Crippen LogP contribution in [0.5, 0.6) is 0 Å². The van der Waals surface area contributed by atoms with Crippen molar-refractivity contribution >= 4 is 28.2 Å². The number of nitrogen functional groups attached to an aromatic ring is 1. The van der Waals surface area contributed by atoms with Gasteiger partial charge in [0.05, 0.1) is 5.52 Å². The Labute approximate surface area is 122 Å². The Morgan fingerprint density at radius 2 is 1.90 bits per heavy atom. The summed E-state index contributed by atoms with van der Waals surface area (Å²) in [6.45, 7) is 1.90. The van der Waals surface area contributed by atoms with Gasteiger partial charge in [-0.3, -0.25) is 4.79 Å². The van der Waals surface area contributed by atoms with Crippen LogP contribution in [0.15, 0.2) is 54.6 Å². The number of aryl methyl sites for hydroxylation is 1. The van der Waals surface area contributed by atoms with Crippen LogP contribution in [0.1, 0.15) is 16.1 Å². The van der Waals surface area contributed by atoms with Crippen LogP contribution in [0.25, 0.3) is 10.9 Å². The van der Waals surface area contributed by atoms with Crippen LogP contribution in [-0.2, 0) is 0 Å². The molecule has 0 saturated carbocycles. The maximum atomic E-state index is 12.3. The fourth-order valence-corrected chi connectivity index (χ4v) is 2.21. The molecule has 0 unspecified atom stereocenters. The third-order valence-electron chi connectivity index (χ3n) is 3.33. The van der Waals surface area contributed by atoms with E-state index < -0.39 is 0 Å². The minimum absolute atomic E-state index is 0.228. The van der Waals surface area contributed by atoms with Gasteiger partial charge in [0.1, 0.15) is 5.69 Å². The van der Waals surface area contributed by atoms with Crippen LogP contribution < -0.4 is 11.1 Å². The average Bonchev–Trinajstić information content (AvgIpc) is 2.49. The number of para-hydroxylation sites is 1. The molecule has 1 heterocycles. The molecular weight excluding hydrogens is 262 g/mol. The van der Waals surface area contributed by atoms with Crippen molar-refractivity contribution in [1.82, 2.24) is 4.98 Å². The van der Waals surface area contributed by atoms with Crippen molar-refractivity contribution in [3.63, 3.8) is 0 Å². The molecule has 2 aromatic carbocycles. The number of rotatable bonds is 2. The Kier molecular flexibility index (Phi) is 3.28. The molecule has 0 aliphatic carbocycles. The van der Waals surface area contributed by atoms with Gasteiger partial charge in [-0.15, -0.1) is 0 Å². The summed E-state index contributed by atoms with van der Waals surface area (Å²) in [7, 11) is 0. The summed E-state index contributed by atoms with van der Waals surface area (Å²) in [6, 6.07) is 16.7. The van der Waals surface area contributed by atoms with Gasteiger partial charge in [0, 0.05) is 16.8 Å². The first-order valence-electron chi connectivity index (χ1n) is 6.67. The van der Waals surface area contributed by atoms with Gasteiger partial charge < -0.3 is 11.1 Å². The van der Waals surface area contributed by atoms with E-state index in [0.29, 0.717) is 11.4 Å². The summed E-state index contributed by atoms with van der Waals surface area (Å²) in [5.74, 6) is -0.228. The number of anilines is 2. The highest BCUT2D eigenvalue weighted by atomic mass is 16.1. The first-order chi connectivity index (χ1) is 10.1. The molecule has 4 nitrogen and oxygen atoms in total. The first-order valence-corrected chi connectivity index (χ1v) is 6.67. The lowest BCUT2D eigenvalue weighted by molar-refractivity contribution is 0.102. The predicted molar refractivity (Wildman–Crippen MR) is 85.3 cm³/mol. The van der Waals surface area contributed by atoms with Crippen molar-refractivity contribution < 1.29 is 4.79 Å². The minimum atomic E-state index is -0.228. The highest BCUT2D eigenvalue weighted by Crippen LogP contribution is 2.19. The lowest BCUT2D eigenvalue weighted by Crippen LogP contribution is -2.14. The molecule has 0 radical (unpaired) electrons. The average molecular weight is 277 g/mol. The molecule has 0 fully saturated rings. The topological polar surface area (TPSA) is 68.0 Å². The molecule has 3 rings (SSSR count). The second-order valence-electron chi connectivity index (χ2n) is 4.92. The lowest BCUT2D eigenvalue weighted by Gasteiger charge is -2.09. The molecule has 3 N–H and O–H groups in total. The number of nitrogens with two attached hydrogens (primary N) is 1. The normalized spacial score (nSPS) is 10.5. The molecule has 0 aliphatic rings. The summed E-state index contributed by atoms with van der Waals surface area (Å²) < 4.78 is 0. The van der Waals surface area contributed by atoms with Crippen molar-refractivity contribution in [2.24, 2.45) is 0 Å². The van der Waals surface area contributed by atoms with Gasteiger partial charge in [0.2, 0.25) is 0 Å². The SMILES string of the molecule is Cc1cc(N)ccc1NC(=O)c1ccc2ccccc2n1. The van der Waals surface area contributed by atoms with Gasteiger partial charge in [-0.05, 0) is 42.8 Å². The van der Waals surface area contributed by atoms with Crippen molar-refractivity contribution in [1.29, 1.82) is 0 Å². The Balaban J connectivity index is 1.89. The lowest BCUT2D eigenvalue weighted by atomic mass is 10.1. The maximum absolute atomic E-state index is 12.3. The number of nitrogens with zero attached hydrogens (tertiary/aromatic N) is 1. The summed E-state index contributed by atoms with van der Waals surface area (Å²) in [6.07, 6.45) is 0. The van der Waals surface area contributed by atoms with Gasteiger partial charge in [-0.25, -0.2) is 4.98 Å². The third-order valence-corrected chi connectivity index (χ3v) is 3.33. The zero-order valence-electron chi connectivity index (χ0n) is 11.6. The number of carbonyl (C=O) groups excluding carboxylic acids is 1. The molecule has 0 bridgehead atoms. The molecule has 4 heteroatoms. The number of fused-ring (bicyclic) bond motifs is 1. The number of nitrogens with one attached hydrogen (secondary N) is 1.